The maximum atomic E-state index is 10.7. The van der Waals surface area contributed by atoms with E-state index in [-0.39, 0.29) is 10.7 Å². The molecule has 0 aliphatic carbocycles. The van der Waals surface area contributed by atoms with Crippen molar-refractivity contribution in [2.24, 2.45) is 0 Å². The molecule has 2 aromatic rings. The van der Waals surface area contributed by atoms with Gasteiger partial charge in [-0.25, -0.2) is 0 Å². The van der Waals surface area contributed by atoms with Crippen molar-refractivity contribution in [2.45, 2.75) is 13.5 Å². The Bertz CT molecular complexity index is 566. The van der Waals surface area contributed by atoms with Gasteiger partial charge < -0.3 is 0 Å². The number of benzene rings is 1. The van der Waals surface area contributed by atoms with Gasteiger partial charge in [0.25, 0.3) is 5.69 Å². The normalized spacial score (nSPS) is 10.5. The molecule has 0 aliphatic heterocycles. The largest absolute Gasteiger partial charge is 0.288 e. The van der Waals surface area contributed by atoms with Crippen LogP contribution >= 0.6 is 11.6 Å². The summed E-state index contributed by atoms with van der Waals surface area (Å²) in [5.41, 5.74) is 1.73. The fraction of sp³-hybridized carbons (Fsp3) is 0.182. The van der Waals surface area contributed by atoms with Crippen molar-refractivity contribution in [2.75, 3.05) is 0 Å². The van der Waals surface area contributed by atoms with Gasteiger partial charge in [-0.2, -0.15) is 5.10 Å². The smallest absolute Gasteiger partial charge is 0.265 e. The second-order valence-corrected chi connectivity index (χ2v) is 4.08. The summed E-state index contributed by atoms with van der Waals surface area (Å²) in [7, 11) is 0. The molecule has 0 atom stereocenters. The number of nitrogens with zero attached hydrogens (tertiary/aromatic N) is 3. The van der Waals surface area contributed by atoms with Gasteiger partial charge in [0.1, 0.15) is 5.02 Å². The van der Waals surface area contributed by atoms with E-state index in [2.05, 4.69) is 5.10 Å². The quantitative estimate of drug-likeness (QED) is 0.622. The Morgan fingerprint density at radius 2 is 2.24 bits per heavy atom. The number of nitro groups is 1. The highest BCUT2D eigenvalue weighted by Gasteiger charge is 2.13. The van der Waals surface area contributed by atoms with Crippen LogP contribution < -0.4 is 0 Å². The van der Waals surface area contributed by atoms with Gasteiger partial charge in [-0.3, -0.25) is 14.8 Å². The summed E-state index contributed by atoms with van der Waals surface area (Å²) in [5, 5.41) is 15.0. The molecule has 0 N–H and O–H groups in total. The monoisotopic (exact) mass is 251 g/mol. The summed E-state index contributed by atoms with van der Waals surface area (Å²) < 4.78 is 1.77. The van der Waals surface area contributed by atoms with Crippen LogP contribution in [0.15, 0.2) is 30.5 Å². The van der Waals surface area contributed by atoms with Gasteiger partial charge >= 0.3 is 0 Å². The molecule has 88 valence electrons. The lowest BCUT2D eigenvalue weighted by Gasteiger charge is -2.05. The van der Waals surface area contributed by atoms with E-state index in [9.17, 15) is 10.1 Å². The van der Waals surface area contributed by atoms with Crippen molar-refractivity contribution < 1.29 is 4.92 Å². The van der Waals surface area contributed by atoms with Crippen molar-refractivity contribution in [3.05, 3.63) is 56.9 Å². The third kappa shape index (κ3) is 2.45. The lowest BCUT2D eigenvalue weighted by Crippen LogP contribution is -2.04. The van der Waals surface area contributed by atoms with Crippen molar-refractivity contribution >= 4 is 17.3 Å². The van der Waals surface area contributed by atoms with E-state index >= 15 is 0 Å². The van der Waals surface area contributed by atoms with E-state index in [1.165, 1.54) is 12.1 Å². The molecule has 1 aromatic carbocycles. The van der Waals surface area contributed by atoms with Gasteiger partial charge in [0, 0.05) is 18.0 Å². The number of hydrogen-bond donors (Lipinski definition) is 0. The first-order valence-corrected chi connectivity index (χ1v) is 5.37. The summed E-state index contributed by atoms with van der Waals surface area (Å²) in [6.45, 7) is 2.42. The second-order valence-electron chi connectivity index (χ2n) is 3.67. The first-order chi connectivity index (χ1) is 8.08. The molecule has 0 fully saturated rings. The Morgan fingerprint density at radius 3 is 2.82 bits per heavy atom. The van der Waals surface area contributed by atoms with E-state index in [1.54, 1.807) is 16.9 Å². The summed E-state index contributed by atoms with van der Waals surface area (Å²) >= 11 is 5.74. The Labute approximate surface area is 103 Å². The molecule has 1 heterocycles. The van der Waals surface area contributed by atoms with E-state index < -0.39 is 4.92 Å². The molecule has 1 aromatic heterocycles. The van der Waals surface area contributed by atoms with Gasteiger partial charge in [0.15, 0.2) is 0 Å². The first kappa shape index (κ1) is 11.6. The first-order valence-electron chi connectivity index (χ1n) is 4.99. The fourth-order valence-electron chi connectivity index (χ4n) is 1.53. The van der Waals surface area contributed by atoms with Crippen LogP contribution in [0.3, 0.4) is 0 Å². The van der Waals surface area contributed by atoms with Crippen LogP contribution in [0, 0.1) is 17.0 Å². The van der Waals surface area contributed by atoms with Crippen molar-refractivity contribution in [1.82, 2.24) is 9.78 Å². The van der Waals surface area contributed by atoms with Crippen LogP contribution in [0.1, 0.15) is 11.3 Å². The second kappa shape index (κ2) is 4.55. The van der Waals surface area contributed by atoms with Crippen LogP contribution in [0.2, 0.25) is 5.02 Å². The predicted octanol–water partition coefficient (Wildman–Crippen LogP) is 2.80. The molecule has 0 amide bonds. The Kier molecular flexibility index (Phi) is 3.10. The van der Waals surface area contributed by atoms with Crippen LogP contribution in [0.4, 0.5) is 5.69 Å². The van der Waals surface area contributed by atoms with Crippen molar-refractivity contribution in [1.29, 1.82) is 0 Å². The van der Waals surface area contributed by atoms with E-state index in [0.29, 0.717) is 6.54 Å². The molecule has 0 unspecified atom stereocenters. The molecule has 0 spiro atoms. The van der Waals surface area contributed by atoms with Crippen molar-refractivity contribution in [3.63, 3.8) is 0 Å². The minimum absolute atomic E-state index is 0.0750. The molecular weight excluding hydrogens is 242 g/mol. The standard InChI is InChI=1S/C11H10ClN3O2/c1-8-4-5-13-14(8)7-9-2-3-10(12)11(6-9)15(16)17/h2-6H,7H2,1H3. The van der Waals surface area contributed by atoms with E-state index in [1.807, 2.05) is 13.0 Å². The molecule has 0 saturated heterocycles. The Balaban J connectivity index is 2.32. The fourth-order valence-corrected chi connectivity index (χ4v) is 1.72. The van der Waals surface area contributed by atoms with Crippen LogP contribution in [0.5, 0.6) is 0 Å². The number of rotatable bonds is 3. The minimum atomic E-state index is -0.484. The zero-order valence-corrected chi connectivity index (χ0v) is 9.89. The molecule has 17 heavy (non-hydrogen) atoms. The summed E-state index contributed by atoms with van der Waals surface area (Å²) in [4.78, 5) is 10.3. The molecule has 5 nitrogen and oxygen atoms in total. The van der Waals surface area contributed by atoms with Crippen LogP contribution in [-0.2, 0) is 6.54 Å². The molecule has 0 aliphatic rings. The molecule has 2 rings (SSSR count). The predicted molar refractivity (Wildman–Crippen MR) is 64.2 cm³/mol. The number of halogens is 1. The number of hydrogen-bond acceptors (Lipinski definition) is 3. The van der Waals surface area contributed by atoms with Crippen LogP contribution in [-0.4, -0.2) is 14.7 Å². The van der Waals surface area contributed by atoms with E-state index in [0.717, 1.165) is 11.3 Å². The molecule has 6 heteroatoms. The zero-order chi connectivity index (χ0) is 12.4. The molecule has 0 saturated carbocycles. The maximum absolute atomic E-state index is 10.7. The third-order valence-electron chi connectivity index (χ3n) is 2.47. The van der Waals surface area contributed by atoms with Gasteiger partial charge in [-0.05, 0) is 24.6 Å². The van der Waals surface area contributed by atoms with E-state index in [4.69, 9.17) is 11.6 Å². The Morgan fingerprint density at radius 1 is 1.47 bits per heavy atom. The summed E-state index contributed by atoms with van der Waals surface area (Å²) in [5.74, 6) is 0. The van der Waals surface area contributed by atoms with Gasteiger partial charge in [-0.1, -0.05) is 17.7 Å². The highest BCUT2D eigenvalue weighted by atomic mass is 35.5. The van der Waals surface area contributed by atoms with Gasteiger partial charge in [0.05, 0.1) is 11.5 Å². The number of aryl methyl sites for hydroxylation is 1. The highest BCUT2D eigenvalue weighted by molar-refractivity contribution is 6.32. The lowest BCUT2D eigenvalue weighted by atomic mass is 10.2. The lowest BCUT2D eigenvalue weighted by molar-refractivity contribution is -0.384. The average molecular weight is 252 g/mol. The number of nitro benzene ring substituents is 1. The zero-order valence-electron chi connectivity index (χ0n) is 9.13. The SMILES string of the molecule is Cc1ccnn1Cc1ccc(Cl)c([N+](=O)[O-])c1. The molecule has 0 bridgehead atoms. The maximum Gasteiger partial charge on any atom is 0.288 e. The topological polar surface area (TPSA) is 61.0 Å². The molecule has 0 radical (unpaired) electrons. The Hall–Kier alpha value is -1.88. The van der Waals surface area contributed by atoms with Gasteiger partial charge in [-0.15, -0.1) is 0 Å². The van der Waals surface area contributed by atoms with Crippen LogP contribution in [0.25, 0.3) is 0 Å². The average Bonchev–Trinajstić information content (AvgIpc) is 2.67. The summed E-state index contributed by atoms with van der Waals surface area (Å²) in [6, 6.07) is 6.65. The number of aromatic nitrogens is 2. The highest BCUT2D eigenvalue weighted by Crippen LogP contribution is 2.25. The van der Waals surface area contributed by atoms with Gasteiger partial charge in [0.2, 0.25) is 0 Å². The third-order valence-corrected chi connectivity index (χ3v) is 2.79. The van der Waals surface area contributed by atoms with Crippen molar-refractivity contribution in [3.8, 4) is 0 Å². The minimum Gasteiger partial charge on any atom is -0.265 e. The molecular formula is C11H10ClN3O2. The summed E-state index contributed by atoms with van der Waals surface area (Å²) in [6.07, 6.45) is 1.69.